The van der Waals surface area contributed by atoms with Gasteiger partial charge in [-0.2, -0.15) is 5.10 Å². The maximum Gasteiger partial charge on any atom is 0.266 e. The van der Waals surface area contributed by atoms with Gasteiger partial charge in [-0.1, -0.05) is 0 Å². The molecule has 0 saturated carbocycles. The first-order valence-corrected chi connectivity index (χ1v) is 9.59. The van der Waals surface area contributed by atoms with Crippen LogP contribution in [0.4, 0.5) is 0 Å². The van der Waals surface area contributed by atoms with Gasteiger partial charge in [0.2, 0.25) is 0 Å². The molecule has 0 atom stereocenters. The van der Waals surface area contributed by atoms with Crippen LogP contribution in [0.5, 0.6) is 0 Å². The van der Waals surface area contributed by atoms with E-state index in [1.54, 1.807) is 16.8 Å². The number of aromatic nitrogens is 5. The summed E-state index contributed by atoms with van der Waals surface area (Å²) in [5.74, 6) is 2.27. The van der Waals surface area contributed by atoms with Crippen molar-refractivity contribution >= 4 is 0 Å². The number of nitrogens with zero attached hydrogens (tertiary/aromatic N) is 7. The average Bonchev–Trinajstić information content (AvgIpc) is 3.07. The molecule has 4 heterocycles. The fraction of sp³-hybridized carbons (Fsp3) is 0.667. The first-order valence-electron chi connectivity index (χ1n) is 9.59. The molecule has 1 saturated heterocycles. The van der Waals surface area contributed by atoms with Gasteiger partial charge >= 0.3 is 0 Å². The molecule has 8 heteroatoms. The third-order valence-electron chi connectivity index (χ3n) is 5.39. The van der Waals surface area contributed by atoms with Crippen molar-refractivity contribution in [1.82, 2.24) is 34.3 Å². The molecule has 8 nitrogen and oxygen atoms in total. The summed E-state index contributed by atoms with van der Waals surface area (Å²) >= 11 is 0. The number of piperazine rings is 1. The van der Waals surface area contributed by atoms with E-state index in [1.807, 2.05) is 6.92 Å². The molecule has 0 amide bonds. The van der Waals surface area contributed by atoms with Gasteiger partial charge in [0.05, 0.1) is 18.8 Å². The number of rotatable bonds is 5. The summed E-state index contributed by atoms with van der Waals surface area (Å²) in [5, 5.41) is 13.1. The lowest BCUT2D eigenvalue weighted by Gasteiger charge is -2.34. The van der Waals surface area contributed by atoms with Gasteiger partial charge in [0.1, 0.15) is 11.6 Å². The molecule has 0 radical (unpaired) electrons. The molecule has 0 unspecified atom stereocenters. The van der Waals surface area contributed by atoms with Gasteiger partial charge in [0.15, 0.2) is 0 Å². The monoisotopic (exact) mass is 357 g/mol. The second-order valence-corrected chi connectivity index (χ2v) is 7.30. The predicted molar refractivity (Wildman–Crippen MR) is 97.9 cm³/mol. The first kappa shape index (κ1) is 17.4. The first-order chi connectivity index (χ1) is 12.7. The summed E-state index contributed by atoms with van der Waals surface area (Å²) in [6, 6.07) is 3.36. The van der Waals surface area contributed by atoms with Gasteiger partial charge in [-0.15, -0.1) is 10.2 Å². The fourth-order valence-electron chi connectivity index (χ4n) is 3.80. The van der Waals surface area contributed by atoms with E-state index in [2.05, 4.69) is 29.7 Å². The third-order valence-corrected chi connectivity index (χ3v) is 5.39. The highest BCUT2D eigenvalue weighted by Crippen LogP contribution is 2.16. The van der Waals surface area contributed by atoms with E-state index < -0.39 is 0 Å². The zero-order chi connectivity index (χ0) is 17.9. The van der Waals surface area contributed by atoms with Crippen LogP contribution in [0.3, 0.4) is 0 Å². The Labute approximate surface area is 153 Å². The Kier molecular flexibility index (Phi) is 5.12. The standard InChI is InChI=1S/C18H27N7O/c1-15-5-6-18(26)25(21-15)13-12-22-8-10-23(11-9-22)14-17-20-19-16-4-2-3-7-24(16)17/h5-6H,2-4,7-14H2,1H3. The largest absolute Gasteiger partial charge is 0.314 e. The molecule has 2 aliphatic rings. The van der Waals surface area contributed by atoms with Crippen LogP contribution >= 0.6 is 0 Å². The van der Waals surface area contributed by atoms with E-state index in [-0.39, 0.29) is 5.56 Å². The van der Waals surface area contributed by atoms with Crippen LogP contribution in [-0.4, -0.2) is 67.1 Å². The van der Waals surface area contributed by atoms with E-state index in [1.165, 1.54) is 12.8 Å². The highest BCUT2D eigenvalue weighted by Gasteiger charge is 2.21. The Hall–Kier alpha value is -2.06. The second kappa shape index (κ2) is 7.67. The summed E-state index contributed by atoms with van der Waals surface area (Å²) in [7, 11) is 0. The highest BCUT2D eigenvalue weighted by molar-refractivity contribution is 4.99. The smallest absolute Gasteiger partial charge is 0.266 e. The maximum absolute atomic E-state index is 11.8. The van der Waals surface area contributed by atoms with Crippen molar-refractivity contribution in [2.75, 3.05) is 32.7 Å². The Morgan fingerprint density at radius 3 is 2.62 bits per heavy atom. The molecule has 0 aromatic carbocycles. The van der Waals surface area contributed by atoms with Gasteiger partial charge in [0.25, 0.3) is 5.56 Å². The zero-order valence-electron chi connectivity index (χ0n) is 15.5. The van der Waals surface area contributed by atoms with Gasteiger partial charge < -0.3 is 4.57 Å². The van der Waals surface area contributed by atoms with Crippen molar-refractivity contribution in [3.63, 3.8) is 0 Å². The molecule has 26 heavy (non-hydrogen) atoms. The predicted octanol–water partition coefficient (Wildman–Crippen LogP) is 0.297. The Morgan fingerprint density at radius 1 is 0.962 bits per heavy atom. The third kappa shape index (κ3) is 3.86. The van der Waals surface area contributed by atoms with Crippen molar-refractivity contribution < 1.29 is 0 Å². The van der Waals surface area contributed by atoms with Crippen molar-refractivity contribution in [1.29, 1.82) is 0 Å². The van der Waals surface area contributed by atoms with E-state index in [9.17, 15) is 4.79 Å². The summed E-state index contributed by atoms with van der Waals surface area (Å²) in [5.41, 5.74) is 0.858. The van der Waals surface area contributed by atoms with Crippen LogP contribution in [0.2, 0.25) is 0 Å². The van der Waals surface area contributed by atoms with Crippen LogP contribution in [0.15, 0.2) is 16.9 Å². The molecular formula is C18H27N7O. The lowest BCUT2D eigenvalue weighted by atomic mass is 10.1. The molecule has 0 bridgehead atoms. The molecule has 0 spiro atoms. The molecule has 4 rings (SSSR count). The molecule has 2 aliphatic heterocycles. The van der Waals surface area contributed by atoms with E-state index in [0.717, 1.165) is 69.6 Å². The Bertz CT molecular complexity index is 804. The molecule has 1 fully saturated rings. The van der Waals surface area contributed by atoms with Crippen LogP contribution in [0, 0.1) is 6.92 Å². The summed E-state index contributed by atoms with van der Waals surface area (Å²) in [4.78, 5) is 16.7. The normalized spacial score (nSPS) is 18.8. The molecule has 2 aromatic heterocycles. The number of hydrogen-bond acceptors (Lipinski definition) is 6. The highest BCUT2D eigenvalue weighted by atomic mass is 16.1. The minimum absolute atomic E-state index is 0.0224. The van der Waals surface area contributed by atoms with Crippen LogP contribution in [0.25, 0.3) is 0 Å². The molecule has 2 aromatic rings. The summed E-state index contributed by atoms with van der Waals surface area (Å²) < 4.78 is 3.88. The van der Waals surface area contributed by atoms with Gasteiger partial charge in [-0.3, -0.25) is 14.6 Å². The van der Waals surface area contributed by atoms with Crippen LogP contribution in [0.1, 0.15) is 30.2 Å². The van der Waals surface area contributed by atoms with Crippen LogP contribution in [-0.2, 0) is 26.1 Å². The van der Waals surface area contributed by atoms with Crippen molar-refractivity contribution in [3.05, 3.63) is 39.8 Å². The zero-order valence-corrected chi connectivity index (χ0v) is 15.5. The van der Waals surface area contributed by atoms with Gasteiger partial charge in [0, 0.05) is 51.8 Å². The van der Waals surface area contributed by atoms with Crippen LogP contribution < -0.4 is 5.56 Å². The SMILES string of the molecule is Cc1ccc(=O)n(CCN2CCN(Cc3nnc4n3CCCC4)CC2)n1. The minimum atomic E-state index is -0.0224. The van der Waals surface area contributed by atoms with E-state index >= 15 is 0 Å². The van der Waals surface area contributed by atoms with Gasteiger partial charge in [-0.25, -0.2) is 4.68 Å². The second-order valence-electron chi connectivity index (χ2n) is 7.30. The number of hydrogen-bond donors (Lipinski definition) is 0. The summed E-state index contributed by atoms with van der Waals surface area (Å²) in [6.45, 7) is 9.47. The van der Waals surface area contributed by atoms with E-state index in [4.69, 9.17) is 0 Å². The molecule has 0 aliphatic carbocycles. The topological polar surface area (TPSA) is 72.1 Å². The Balaban J connectivity index is 1.27. The summed E-state index contributed by atoms with van der Waals surface area (Å²) in [6.07, 6.45) is 3.53. The number of aryl methyl sites for hydroxylation is 2. The minimum Gasteiger partial charge on any atom is -0.314 e. The molecule has 140 valence electrons. The lowest BCUT2D eigenvalue weighted by molar-refractivity contribution is 0.119. The van der Waals surface area contributed by atoms with Crippen molar-refractivity contribution in [2.45, 2.75) is 45.8 Å². The quantitative estimate of drug-likeness (QED) is 0.766. The maximum atomic E-state index is 11.8. The van der Waals surface area contributed by atoms with E-state index in [0.29, 0.717) is 6.54 Å². The molecule has 0 N–H and O–H groups in total. The Morgan fingerprint density at radius 2 is 1.77 bits per heavy atom. The lowest BCUT2D eigenvalue weighted by Crippen LogP contribution is -2.47. The molecular weight excluding hydrogens is 330 g/mol. The number of fused-ring (bicyclic) bond motifs is 1. The average molecular weight is 357 g/mol. The van der Waals surface area contributed by atoms with Crippen molar-refractivity contribution in [3.8, 4) is 0 Å². The fourth-order valence-corrected chi connectivity index (χ4v) is 3.80. The van der Waals surface area contributed by atoms with Crippen molar-refractivity contribution in [2.24, 2.45) is 0 Å². The van der Waals surface area contributed by atoms with Gasteiger partial charge in [-0.05, 0) is 25.8 Å².